The van der Waals surface area contributed by atoms with Gasteiger partial charge in [-0.05, 0) is 29.5 Å². The van der Waals surface area contributed by atoms with Crippen molar-refractivity contribution < 1.29 is 5.11 Å². The average molecular weight is 249 g/mol. The zero-order valence-corrected chi connectivity index (χ0v) is 12.3. The van der Waals surface area contributed by atoms with Gasteiger partial charge in [-0.1, -0.05) is 58.9 Å². The van der Waals surface area contributed by atoms with E-state index in [4.69, 9.17) is 0 Å². The maximum absolute atomic E-state index is 10.1. The first-order chi connectivity index (χ1) is 8.30. The van der Waals surface area contributed by atoms with Crippen molar-refractivity contribution in [1.82, 2.24) is 5.32 Å². The molecule has 0 fully saturated rings. The Hall–Kier alpha value is -0.860. The highest BCUT2D eigenvalue weighted by molar-refractivity contribution is 5.28. The smallest absolute Gasteiger partial charge is 0.0802 e. The molecular weight excluding hydrogens is 222 g/mol. The standard InChI is InChI=1S/C16H27NO/c1-12(2)17-11-10-15(18)13-6-8-14(9-7-13)16(3,4)5/h6-9,12,15,17-18H,10-11H2,1-5H3. The van der Waals surface area contributed by atoms with Crippen LogP contribution in [0.25, 0.3) is 0 Å². The molecule has 0 spiro atoms. The van der Waals surface area contributed by atoms with Gasteiger partial charge in [-0.25, -0.2) is 0 Å². The largest absolute Gasteiger partial charge is 0.388 e. The number of aliphatic hydroxyl groups is 1. The Morgan fingerprint density at radius 1 is 1.11 bits per heavy atom. The molecule has 0 saturated carbocycles. The third-order valence-electron chi connectivity index (χ3n) is 3.13. The zero-order valence-electron chi connectivity index (χ0n) is 12.3. The van der Waals surface area contributed by atoms with E-state index in [9.17, 15) is 5.11 Å². The van der Waals surface area contributed by atoms with Crippen LogP contribution < -0.4 is 5.32 Å². The molecule has 0 radical (unpaired) electrons. The fraction of sp³-hybridized carbons (Fsp3) is 0.625. The number of nitrogens with one attached hydrogen (secondary N) is 1. The Morgan fingerprint density at radius 3 is 2.11 bits per heavy atom. The van der Waals surface area contributed by atoms with Crippen molar-refractivity contribution in [2.75, 3.05) is 6.54 Å². The molecule has 2 nitrogen and oxygen atoms in total. The third-order valence-corrected chi connectivity index (χ3v) is 3.13. The Morgan fingerprint density at radius 2 is 1.67 bits per heavy atom. The van der Waals surface area contributed by atoms with E-state index in [2.05, 4.69) is 52.1 Å². The summed E-state index contributed by atoms with van der Waals surface area (Å²) in [4.78, 5) is 0. The van der Waals surface area contributed by atoms with E-state index in [-0.39, 0.29) is 11.5 Å². The topological polar surface area (TPSA) is 32.3 Å². The minimum absolute atomic E-state index is 0.169. The zero-order chi connectivity index (χ0) is 13.8. The van der Waals surface area contributed by atoms with Crippen LogP contribution in [0.15, 0.2) is 24.3 Å². The summed E-state index contributed by atoms with van der Waals surface area (Å²) < 4.78 is 0. The highest BCUT2D eigenvalue weighted by Crippen LogP contribution is 2.24. The molecule has 0 aliphatic heterocycles. The minimum Gasteiger partial charge on any atom is -0.388 e. The van der Waals surface area contributed by atoms with E-state index >= 15 is 0 Å². The van der Waals surface area contributed by atoms with Crippen molar-refractivity contribution >= 4 is 0 Å². The highest BCUT2D eigenvalue weighted by Gasteiger charge is 2.14. The number of hydrogen-bond donors (Lipinski definition) is 2. The van der Waals surface area contributed by atoms with Crippen LogP contribution in [0, 0.1) is 0 Å². The van der Waals surface area contributed by atoms with Crippen LogP contribution in [0.4, 0.5) is 0 Å². The van der Waals surface area contributed by atoms with E-state index < -0.39 is 0 Å². The summed E-state index contributed by atoms with van der Waals surface area (Å²) in [6.45, 7) is 11.7. The summed E-state index contributed by atoms with van der Waals surface area (Å²) in [7, 11) is 0. The molecule has 18 heavy (non-hydrogen) atoms. The average Bonchev–Trinajstić information content (AvgIpc) is 2.27. The van der Waals surface area contributed by atoms with Crippen molar-refractivity contribution in [3.8, 4) is 0 Å². The van der Waals surface area contributed by atoms with Crippen LogP contribution in [-0.2, 0) is 5.41 Å². The molecule has 0 aliphatic carbocycles. The van der Waals surface area contributed by atoms with E-state index in [0.717, 1.165) is 18.5 Å². The van der Waals surface area contributed by atoms with Crippen LogP contribution >= 0.6 is 0 Å². The van der Waals surface area contributed by atoms with Crippen LogP contribution in [0.1, 0.15) is 58.3 Å². The van der Waals surface area contributed by atoms with Gasteiger partial charge >= 0.3 is 0 Å². The first kappa shape index (κ1) is 15.2. The van der Waals surface area contributed by atoms with Gasteiger partial charge in [0.15, 0.2) is 0 Å². The lowest BCUT2D eigenvalue weighted by atomic mass is 9.86. The quantitative estimate of drug-likeness (QED) is 0.838. The van der Waals surface area contributed by atoms with Crippen molar-refractivity contribution in [1.29, 1.82) is 0 Å². The van der Waals surface area contributed by atoms with Crippen molar-refractivity contribution in [2.24, 2.45) is 0 Å². The van der Waals surface area contributed by atoms with Crippen LogP contribution in [-0.4, -0.2) is 17.7 Å². The van der Waals surface area contributed by atoms with Gasteiger partial charge in [0.2, 0.25) is 0 Å². The molecule has 0 amide bonds. The molecule has 0 aliphatic rings. The molecule has 102 valence electrons. The summed E-state index contributed by atoms with van der Waals surface area (Å²) in [6, 6.07) is 8.80. The molecule has 2 heteroatoms. The molecule has 1 atom stereocenters. The summed E-state index contributed by atoms with van der Waals surface area (Å²) in [6.07, 6.45) is 0.387. The van der Waals surface area contributed by atoms with Crippen molar-refractivity contribution in [3.05, 3.63) is 35.4 Å². The van der Waals surface area contributed by atoms with Crippen molar-refractivity contribution in [2.45, 2.75) is 58.6 Å². The Balaban J connectivity index is 2.56. The fourth-order valence-corrected chi connectivity index (χ4v) is 1.88. The molecule has 0 heterocycles. The van der Waals surface area contributed by atoms with Crippen molar-refractivity contribution in [3.63, 3.8) is 0 Å². The van der Waals surface area contributed by atoms with Crippen LogP contribution in [0.3, 0.4) is 0 Å². The summed E-state index contributed by atoms with van der Waals surface area (Å²) >= 11 is 0. The van der Waals surface area contributed by atoms with Gasteiger partial charge in [0.05, 0.1) is 6.10 Å². The molecule has 0 saturated heterocycles. The lowest BCUT2D eigenvalue weighted by Gasteiger charge is -2.20. The maximum Gasteiger partial charge on any atom is 0.0802 e. The molecule has 2 N–H and O–H groups in total. The number of rotatable bonds is 5. The summed E-state index contributed by atoms with van der Waals surface area (Å²) in [5.41, 5.74) is 2.48. The first-order valence-electron chi connectivity index (χ1n) is 6.82. The molecule has 1 rings (SSSR count). The monoisotopic (exact) mass is 249 g/mol. The number of aliphatic hydroxyl groups excluding tert-OH is 1. The van der Waals surface area contributed by atoms with Gasteiger partial charge in [0, 0.05) is 6.04 Å². The second-order valence-electron chi connectivity index (χ2n) is 6.29. The number of benzene rings is 1. The van der Waals surface area contributed by atoms with Gasteiger partial charge in [0.25, 0.3) is 0 Å². The summed E-state index contributed by atoms with van der Waals surface area (Å²) in [5.74, 6) is 0. The molecular formula is C16H27NO. The van der Waals surface area contributed by atoms with E-state index in [0.29, 0.717) is 6.04 Å². The second-order valence-corrected chi connectivity index (χ2v) is 6.29. The molecule has 1 unspecified atom stereocenters. The highest BCUT2D eigenvalue weighted by atomic mass is 16.3. The Bertz CT molecular complexity index is 348. The molecule has 0 bridgehead atoms. The van der Waals surface area contributed by atoms with E-state index in [1.54, 1.807) is 0 Å². The van der Waals surface area contributed by atoms with Gasteiger partial charge in [-0.2, -0.15) is 0 Å². The predicted octanol–water partition coefficient (Wildman–Crippen LogP) is 3.41. The maximum atomic E-state index is 10.1. The predicted molar refractivity (Wildman–Crippen MR) is 77.9 cm³/mol. The van der Waals surface area contributed by atoms with E-state index in [1.165, 1.54) is 5.56 Å². The SMILES string of the molecule is CC(C)NCCC(O)c1ccc(C(C)(C)C)cc1. The second kappa shape index (κ2) is 6.35. The summed E-state index contributed by atoms with van der Waals surface area (Å²) in [5, 5.41) is 13.4. The normalized spacial score (nSPS) is 13.9. The van der Waals surface area contributed by atoms with Crippen LogP contribution in [0.5, 0.6) is 0 Å². The minimum atomic E-state index is -0.370. The van der Waals surface area contributed by atoms with E-state index in [1.807, 2.05) is 12.1 Å². The number of hydrogen-bond acceptors (Lipinski definition) is 2. The van der Waals surface area contributed by atoms with Crippen LogP contribution in [0.2, 0.25) is 0 Å². The lowest BCUT2D eigenvalue weighted by Crippen LogP contribution is -2.25. The fourth-order valence-electron chi connectivity index (χ4n) is 1.88. The first-order valence-corrected chi connectivity index (χ1v) is 6.82. The molecule has 1 aromatic carbocycles. The van der Waals surface area contributed by atoms with Gasteiger partial charge < -0.3 is 10.4 Å². The van der Waals surface area contributed by atoms with Gasteiger partial charge in [0.1, 0.15) is 0 Å². The Kier molecular flexibility index (Phi) is 5.36. The lowest BCUT2D eigenvalue weighted by molar-refractivity contribution is 0.166. The Labute approximate surface area is 111 Å². The third kappa shape index (κ3) is 4.79. The van der Waals surface area contributed by atoms with Gasteiger partial charge in [-0.15, -0.1) is 0 Å². The molecule has 0 aromatic heterocycles. The molecule has 1 aromatic rings. The van der Waals surface area contributed by atoms with Gasteiger partial charge in [-0.3, -0.25) is 0 Å².